The molecule has 2 aliphatic heterocycles. The first-order chi connectivity index (χ1) is 15.4. The number of hydrogen-bond acceptors (Lipinski definition) is 5. The molecule has 0 unspecified atom stereocenters. The zero-order valence-electron chi connectivity index (χ0n) is 18.1. The minimum Gasteiger partial charge on any atom is -0.493 e. The van der Waals surface area contributed by atoms with E-state index in [2.05, 4.69) is 5.32 Å². The molecule has 1 saturated heterocycles. The monoisotopic (exact) mass is 446 g/mol. The molecule has 0 saturated carbocycles. The third-order valence-corrected chi connectivity index (χ3v) is 6.01. The van der Waals surface area contributed by atoms with Gasteiger partial charge in [0.2, 0.25) is 5.91 Å². The maximum Gasteiger partial charge on any atom is 0.224 e. The Morgan fingerprint density at radius 1 is 1.09 bits per heavy atom. The van der Waals surface area contributed by atoms with E-state index in [1.807, 2.05) is 11.8 Å². The van der Waals surface area contributed by atoms with Crippen molar-refractivity contribution in [3.63, 3.8) is 0 Å². The van der Waals surface area contributed by atoms with Gasteiger partial charge in [0.25, 0.3) is 0 Å². The van der Waals surface area contributed by atoms with E-state index < -0.39 is 11.4 Å². The van der Waals surface area contributed by atoms with Gasteiger partial charge in [-0.25, -0.2) is 8.78 Å². The summed E-state index contributed by atoms with van der Waals surface area (Å²) in [6.45, 7) is 3.53. The van der Waals surface area contributed by atoms with Crippen molar-refractivity contribution < 1.29 is 28.2 Å². The maximum atomic E-state index is 14.6. The number of carbonyl (C=O) groups is 1. The van der Waals surface area contributed by atoms with Gasteiger partial charge in [0.05, 0.1) is 18.0 Å². The number of fused-ring (bicyclic) bond motifs is 1. The molecule has 8 heteroatoms. The molecule has 32 heavy (non-hydrogen) atoms. The fourth-order valence-corrected chi connectivity index (χ4v) is 4.13. The summed E-state index contributed by atoms with van der Waals surface area (Å²) < 4.78 is 40.0. The highest BCUT2D eigenvalue weighted by atomic mass is 19.1. The van der Waals surface area contributed by atoms with Crippen molar-refractivity contribution >= 4 is 17.3 Å². The Hall–Kier alpha value is -2.87. The van der Waals surface area contributed by atoms with Crippen LogP contribution in [0.25, 0.3) is 0 Å². The second kappa shape index (κ2) is 9.32. The summed E-state index contributed by atoms with van der Waals surface area (Å²) in [6, 6.07) is 7.64. The van der Waals surface area contributed by atoms with Gasteiger partial charge in [-0.05, 0) is 49.9 Å². The van der Waals surface area contributed by atoms with Crippen LogP contribution in [0.2, 0.25) is 0 Å². The van der Waals surface area contributed by atoms with Gasteiger partial charge in [-0.3, -0.25) is 4.79 Å². The maximum absolute atomic E-state index is 14.6. The average molecular weight is 446 g/mol. The van der Waals surface area contributed by atoms with Gasteiger partial charge in [0, 0.05) is 31.1 Å². The molecule has 0 atom stereocenters. The smallest absolute Gasteiger partial charge is 0.224 e. The van der Waals surface area contributed by atoms with Gasteiger partial charge < -0.3 is 24.8 Å². The van der Waals surface area contributed by atoms with E-state index in [4.69, 9.17) is 9.47 Å². The van der Waals surface area contributed by atoms with Crippen molar-refractivity contribution in [2.45, 2.75) is 44.6 Å². The van der Waals surface area contributed by atoms with Crippen molar-refractivity contribution in [2.24, 2.45) is 0 Å². The minimum absolute atomic E-state index is 0.0408. The highest BCUT2D eigenvalue weighted by Crippen LogP contribution is 2.35. The number of nitrogens with one attached hydrogen (secondary N) is 1. The normalized spacial score (nSPS) is 17.5. The number of rotatable bonds is 7. The highest BCUT2D eigenvalue weighted by Gasteiger charge is 2.34. The molecule has 2 aromatic rings. The molecule has 2 aliphatic rings. The Morgan fingerprint density at radius 2 is 1.88 bits per heavy atom. The molecule has 4 rings (SSSR count). The summed E-state index contributed by atoms with van der Waals surface area (Å²) in [5, 5.41) is 13.6. The molecule has 0 spiro atoms. The largest absolute Gasteiger partial charge is 0.493 e. The van der Waals surface area contributed by atoms with Crippen LogP contribution < -0.4 is 19.7 Å². The fraction of sp³-hybridized carbons (Fsp3) is 0.458. The van der Waals surface area contributed by atoms with Crippen LogP contribution in [0.15, 0.2) is 30.3 Å². The average Bonchev–Trinajstić information content (AvgIpc) is 2.78. The standard InChI is InChI=1S/C24H28F2N2O4/c1-2-13-31-16-3-6-20(19(26)14-16)28-11-9-24(30,10-12-28)15-32-21-7-5-18(25)23-17(21)4-8-22(29)27-23/h3,5-7,14,30H,2,4,8-13,15H2,1H3,(H,27,29). The van der Waals surface area contributed by atoms with Gasteiger partial charge in [0.15, 0.2) is 0 Å². The zero-order chi connectivity index (χ0) is 22.7. The Balaban J connectivity index is 1.37. The van der Waals surface area contributed by atoms with Crippen LogP contribution in [-0.4, -0.2) is 42.9 Å². The van der Waals surface area contributed by atoms with Crippen LogP contribution in [0, 0.1) is 11.6 Å². The molecule has 172 valence electrons. The number of amides is 1. The molecule has 1 amide bonds. The van der Waals surface area contributed by atoms with Crippen LogP contribution in [0.3, 0.4) is 0 Å². The first-order valence-electron chi connectivity index (χ1n) is 11.0. The van der Waals surface area contributed by atoms with E-state index in [1.165, 1.54) is 18.2 Å². The lowest BCUT2D eigenvalue weighted by Gasteiger charge is -2.39. The number of hydrogen-bond donors (Lipinski definition) is 2. The molecule has 0 radical (unpaired) electrons. The second-order valence-corrected chi connectivity index (χ2v) is 8.41. The lowest BCUT2D eigenvalue weighted by molar-refractivity contribution is -0.116. The predicted molar refractivity (Wildman–Crippen MR) is 117 cm³/mol. The molecule has 6 nitrogen and oxygen atoms in total. The lowest BCUT2D eigenvalue weighted by atomic mass is 9.92. The van der Waals surface area contributed by atoms with E-state index in [-0.39, 0.29) is 30.4 Å². The van der Waals surface area contributed by atoms with Crippen LogP contribution >= 0.6 is 0 Å². The van der Waals surface area contributed by atoms with Crippen molar-refractivity contribution in [1.82, 2.24) is 0 Å². The molecule has 0 bridgehead atoms. The van der Waals surface area contributed by atoms with E-state index in [1.54, 1.807) is 12.1 Å². The van der Waals surface area contributed by atoms with E-state index in [0.717, 1.165) is 6.42 Å². The molecule has 1 fully saturated rings. The van der Waals surface area contributed by atoms with Gasteiger partial charge in [0.1, 0.15) is 35.3 Å². The van der Waals surface area contributed by atoms with E-state index in [9.17, 15) is 18.7 Å². The second-order valence-electron chi connectivity index (χ2n) is 8.41. The van der Waals surface area contributed by atoms with Gasteiger partial charge in [-0.2, -0.15) is 0 Å². The molecule has 2 N–H and O–H groups in total. The van der Waals surface area contributed by atoms with E-state index in [0.29, 0.717) is 61.7 Å². The van der Waals surface area contributed by atoms with Crippen molar-refractivity contribution in [3.05, 3.63) is 47.5 Å². The highest BCUT2D eigenvalue weighted by molar-refractivity contribution is 5.94. The quantitative estimate of drug-likeness (QED) is 0.672. The number of halogens is 2. The number of carbonyl (C=O) groups excluding carboxylic acids is 1. The topological polar surface area (TPSA) is 71.0 Å². The first-order valence-corrected chi connectivity index (χ1v) is 11.0. The Labute approximate surface area is 186 Å². The van der Waals surface area contributed by atoms with Crippen molar-refractivity contribution in [3.8, 4) is 11.5 Å². The number of anilines is 2. The van der Waals surface area contributed by atoms with Crippen molar-refractivity contribution in [1.29, 1.82) is 0 Å². The van der Waals surface area contributed by atoms with Gasteiger partial charge in [-0.15, -0.1) is 0 Å². The summed E-state index contributed by atoms with van der Waals surface area (Å²) in [7, 11) is 0. The predicted octanol–water partition coefficient (Wildman–Crippen LogP) is 4.05. The van der Waals surface area contributed by atoms with Crippen LogP contribution in [0.1, 0.15) is 38.2 Å². The number of benzene rings is 2. The molecule has 2 heterocycles. The molecule has 0 aromatic heterocycles. The Morgan fingerprint density at radius 3 is 2.59 bits per heavy atom. The summed E-state index contributed by atoms with van der Waals surface area (Å²) >= 11 is 0. The summed E-state index contributed by atoms with van der Waals surface area (Å²) in [5.74, 6) is -0.0996. The summed E-state index contributed by atoms with van der Waals surface area (Å²) in [5.41, 5.74) is 0.178. The first kappa shape index (κ1) is 22.3. The van der Waals surface area contributed by atoms with Gasteiger partial charge >= 0.3 is 0 Å². The molecular formula is C24H28F2N2O4. The third-order valence-electron chi connectivity index (χ3n) is 6.01. The summed E-state index contributed by atoms with van der Waals surface area (Å²) in [4.78, 5) is 13.5. The molecule has 0 aliphatic carbocycles. The van der Waals surface area contributed by atoms with Crippen molar-refractivity contribution in [2.75, 3.05) is 36.5 Å². The number of piperidine rings is 1. The molecular weight excluding hydrogens is 418 g/mol. The Bertz CT molecular complexity index is 990. The number of nitrogens with zero attached hydrogens (tertiary/aromatic N) is 1. The van der Waals surface area contributed by atoms with Crippen LogP contribution in [0.4, 0.5) is 20.2 Å². The number of ether oxygens (including phenoxy) is 2. The summed E-state index contributed by atoms with van der Waals surface area (Å²) in [6.07, 6.45) is 2.31. The number of aliphatic hydroxyl groups is 1. The Kier molecular flexibility index (Phi) is 6.50. The molecule has 2 aromatic carbocycles. The van der Waals surface area contributed by atoms with Crippen LogP contribution in [0.5, 0.6) is 11.5 Å². The minimum atomic E-state index is -1.07. The van der Waals surface area contributed by atoms with Gasteiger partial charge in [-0.1, -0.05) is 6.92 Å². The third kappa shape index (κ3) is 4.80. The lowest BCUT2D eigenvalue weighted by Crippen LogP contribution is -2.48. The van der Waals surface area contributed by atoms with Crippen LogP contribution in [-0.2, 0) is 11.2 Å². The zero-order valence-corrected chi connectivity index (χ0v) is 18.1. The fourth-order valence-electron chi connectivity index (χ4n) is 4.13. The SMILES string of the molecule is CCCOc1ccc(N2CCC(O)(COc3ccc(F)c4c3CCC(=O)N4)CC2)c(F)c1. The van der Waals surface area contributed by atoms with E-state index >= 15 is 0 Å².